The Morgan fingerprint density at radius 1 is 1.44 bits per heavy atom. The molecular formula is C13H18FNO2S. The number of halogens is 1. The van der Waals surface area contributed by atoms with E-state index in [2.05, 4.69) is 0 Å². The first-order chi connectivity index (χ1) is 8.53. The minimum absolute atomic E-state index is 0.118. The molecule has 100 valence electrons. The second kappa shape index (κ2) is 5.36. The van der Waals surface area contributed by atoms with Crippen LogP contribution >= 0.6 is 0 Å². The van der Waals surface area contributed by atoms with Crippen LogP contribution in [0.4, 0.5) is 4.39 Å². The zero-order chi connectivity index (χ0) is 13.2. The molecule has 1 aromatic rings. The van der Waals surface area contributed by atoms with E-state index in [4.69, 9.17) is 0 Å². The van der Waals surface area contributed by atoms with Gasteiger partial charge in [-0.25, -0.2) is 17.1 Å². The number of nitrogens with zero attached hydrogens (tertiary/aromatic N) is 1. The molecule has 1 atom stereocenters. The topological polar surface area (TPSA) is 37.4 Å². The van der Waals surface area contributed by atoms with Gasteiger partial charge in [0, 0.05) is 13.1 Å². The summed E-state index contributed by atoms with van der Waals surface area (Å²) in [7, 11) is -3.12. The molecule has 2 rings (SSSR count). The van der Waals surface area contributed by atoms with Gasteiger partial charge in [-0.1, -0.05) is 19.1 Å². The number of hydrogen-bond donors (Lipinski definition) is 0. The van der Waals surface area contributed by atoms with Gasteiger partial charge < -0.3 is 0 Å². The van der Waals surface area contributed by atoms with E-state index in [9.17, 15) is 12.8 Å². The van der Waals surface area contributed by atoms with Crippen LogP contribution in [0.5, 0.6) is 0 Å². The summed E-state index contributed by atoms with van der Waals surface area (Å²) in [6, 6.07) is 6.45. The van der Waals surface area contributed by atoms with Crippen LogP contribution in [-0.4, -0.2) is 31.6 Å². The molecule has 1 aliphatic heterocycles. The average molecular weight is 271 g/mol. The highest BCUT2D eigenvalue weighted by Gasteiger charge is 2.31. The van der Waals surface area contributed by atoms with Crippen LogP contribution in [0, 0.1) is 5.82 Å². The van der Waals surface area contributed by atoms with E-state index in [1.807, 2.05) is 13.0 Å². The van der Waals surface area contributed by atoms with E-state index >= 15 is 0 Å². The predicted octanol–water partition coefficient (Wildman–Crippen LogP) is 2.35. The van der Waals surface area contributed by atoms with Crippen molar-refractivity contribution in [1.29, 1.82) is 0 Å². The van der Waals surface area contributed by atoms with E-state index in [1.54, 1.807) is 6.07 Å². The molecular weight excluding hydrogens is 253 g/mol. The van der Waals surface area contributed by atoms with Gasteiger partial charge in [-0.15, -0.1) is 0 Å². The molecule has 0 N–H and O–H groups in total. The van der Waals surface area contributed by atoms with Gasteiger partial charge in [0.2, 0.25) is 10.0 Å². The van der Waals surface area contributed by atoms with Gasteiger partial charge in [-0.2, -0.15) is 0 Å². The highest BCUT2D eigenvalue weighted by atomic mass is 32.2. The maximum absolute atomic E-state index is 13.1. The van der Waals surface area contributed by atoms with Gasteiger partial charge in [0.1, 0.15) is 5.82 Å². The minimum Gasteiger partial charge on any atom is -0.212 e. The molecule has 18 heavy (non-hydrogen) atoms. The Hall–Kier alpha value is -0.940. The third-order valence-electron chi connectivity index (χ3n) is 3.33. The monoisotopic (exact) mass is 271 g/mol. The molecule has 1 saturated heterocycles. The molecule has 0 amide bonds. The zero-order valence-electron chi connectivity index (χ0n) is 10.5. The molecule has 3 nitrogen and oxygen atoms in total. The SMILES string of the molecule is CCCS(=O)(=O)N1CCC(c2cccc(F)c2)C1. The lowest BCUT2D eigenvalue weighted by Crippen LogP contribution is -2.30. The smallest absolute Gasteiger partial charge is 0.212 e. The first-order valence-electron chi connectivity index (χ1n) is 6.26. The molecule has 0 radical (unpaired) electrons. The van der Waals surface area contributed by atoms with E-state index in [0.717, 1.165) is 12.0 Å². The summed E-state index contributed by atoms with van der Waals surface area (Å²) < 4.78 is 38.5. The van der Waals surface area contributed by atoms with Gasteiger partial charge in [0.25, 0.3) is 0 Å². The third kappa shape index (κ3) is 2.90. The lowest BCUT2D eigenvalue weighted by molar-refractivity contribution is 0.472. The molecule has 0 spiro atoms. The largest absolute Gasteiger partial charge is 0.214 e. The van der Waals surface area contributed by atoms with E-state index in [-0.39, 0.29) is 17.5 Å². The normalized spacial score (nSPS) is 21.3. The van der Waals surface area contributed by atoms with Crippen molar-refractivity contribution in [2.75, 3.05) is 18.8 Å². The van der Waals surface area contributed by atoms with Crippen molar-refractivity contribution < 1.29 is 12.8 Å². The molecule has 1 aromatic carbocycles. The lowest BCUT2D eigenvalue weighted by atomic mass is 9.99. The summed E-state index contributed by atoms with van der Waals surface area (Å²) in [6.07, 6.45) is 1.40. The fourth-order valence-corrected chi connectivity index (χ4v) is 3.97. The van der Waals surface area contributed by atoms with Gasteiger partial charge in [0.15, 0.2) is 0 Å². The van der Waals surface area contributed by atoms with E-state index in [1.165, 1.54) is 16.4 Å². The summed E-state index contributed by atoms with van der Waals surface area (Å²) >= 11 is 0. The number of sulfonamides is 1. The number of benzene rings is 1. The maximum Gasteiger partial charge on any atom is 0.214 e. The maximum atomic E-state index is 13.1. The molecule has 1 unspecified atom stereocenters. The van der Waals surface area contributed by atoms with E-state index in [0.29, 0.717) is 19.5 Å². The third-order valence-corrected chi connectivity index (χ3v) is 5.37. The minimum atomic E-state index is -3.12. The zero-order valence-corrected chi connectivity index (χ0v) is 11.3. The van der Waals surface area contributed by atoms with Crippen molar-refractivity contribution in [1.82, 2.24) is 4.31 Å². The summed E-state index contributed by atoms with van der Waals surface area (Å²) in [4.78, 5) is 0. The fourth-order valence-electron chi connectivity index (χ4n) is 2.40. The van der Waals surface area contributed by atoms with Crippen LogP contribution in [0.2, 0.25) is 0 Å². The Balaban J connectivity index is 2.09. The van der Waals surface area contributed by atoms with E-state index < -0.39 is 10.0 Å². The number of hydrogen-bond acceptors (Lipinski definition) is 2. The van der Waals surface area contributed by atoms with Crippen molar-refractivity contribution in [3.05, 3.63) is 35.6 Å². The van der Waals surface area contributed by atoms with Crippen molar-refractivity contribution in [2.45, 2.75) is 25.7 Å². The van der Waals surface area contributed by atoms with Crippen molar-refractivity contribution >= 4 is 10.0 Å². The molecule has 0 aromatic heterocycles. The Kier molecular flexibility index (Phi) is 4.02. The Morgan fingerprint density at radius 2 is 2.22 bits per heavy atom. The van der Waals surface area contributed by atoms with Gasteiger partial charge in [0.05, 0.1) is 5.75 Å². The molecule has 1 fully saturated rings. The van der Waals surface area contributed by atoms with Crippen LogP contribution in [0.15, 0.2) is 24.3 Å². The van der Waals surface area contributed by atoms with Crippen molar-refractivity contribution in [3.63, 3.8) is 0 Å². The second-order valence-corrected chi connectivity index (χ2v) is 6.80. The van der Waals surface area contributed by atoms with Crippen LogP contribution in [0.25, 0.3) is 0 Å². The predicted molar refractivity (Wildman–Crippen MR) is 69.4 cm³/mol. The molecule has 1 aliphatic rings. The average Bonchev–Trinajstić information content (AvgIpc) is 2.78. The highest BCUT2D eigenvalue weighted by molar-refractivity contribution is 7.89. The highest BCUT2D eigenvalue weighted by Crippen LogP contribution is 2.29. The lowest BCUT2D eigenvalue weighted by Gasteiger charge is -2.16. The molecule has 1 heterocycles. The van der Waals surface area contributed by atoms with Crippen LogP contribution in [0.3, 0.4) is 0 Å². The summed E-state index contributed by atoms with van der Waals surface area (Å²) in [5.41, 5.74) is 0.893. The van der Waals surface area contributed by atoms with Gasteiger partial charge in [-0.3, -0.25) is 0 Å². The summed E-state index contributed by atoms with van der Waals surface area (Å²) in [5, 5.41) is 0. The quantitative estimate of drug-likeness (QED) is 0.843. The Labute approximate surface area is 108 Å². The second-order valence-electron chi connectivity index (χ2n) is 4.71. The summed E-state index contributed by atoms with van der Waals surface area (Å²) in [6.45, 7) is 2.88. The first kappa shape index (κ1) is 13.5. The van der Waals surface area contributed by atoms with Gasteiger partial charge >= 0.3 is 0 Å². The van der Waals surface area contributed by atoms with Crippen LogP contribution in [-0.2, 0) is 10.0 Å². The molecule has 0 aliphatic carbocycles. The molecule has 0 bridgehead atoms. The Morgan fingerprint density at radius 3 is 2.89 bits per heavy atom. The van der Waals surface area contributed by atoms with Crippen LogP contribution < -0.4 is 0 Å². The van der Waals surface area contributed by atoms with Crippen molar-refractivity contribution in [3.8, 4) is 0 Å². The van der Waals surface area contributed by atoms with Crippen molar-refractivity contribution in [2.24, 2.45) is 0 Å². The molecule has 5 heteroatoms. The standard InChI is InChI=1S/C13H18FNO2S/c1-2-8-18(16,17)15-7-6-12(10-15)11-4-3-5-13(14)9-11/h3-5,9,12H,2,6-8,10H2,1H3. The Bertz CT molecular complexity index is 515. The first-order valence-corrected chi connectivity index (χ1v) is 7.87. The van der Waals surface area contributed by atoms with Gasteiger partial charge in [-0.05, 0) is 36.5 Å². The number of rotatable bonds is 4. The fraction of sp³-hybridized carbons (Fsp3) is 0.538. The van der Waals surface area contributed by atoms with Crippen LogP contribution in [0.1, 0.15) is 31.2 Å². The summed E-state index contributed by atoms with van der Waals surface area (Å²) in [5.74, 6) is 0.0535. The molecule has 0 saturated carbocycles.